The smallest absolute Gasteiger partial charge is 0.382 e. The molecule has 5 heteroatoms. The van der Waals surface area contributed by atoms with E-state index in [2.05, 4.69) is 0 Å². The lowest BCUT2D eigenvalue weighted by Crippen LogP contribution is -2.40. The predicted molar refractivity (Wildman–Crippen MR) is 63.8 cm³/mol. The average Bonchev–Trinajstić information content (AvgIpc) is 2.38. The van der Waals surface area contributed by atoms with Gasteiger partial charge in [0.05, 0.1) is 5.56 Å². The first-order chi connectivity index (χ1) is 8.83. The second-order valence-corrected chi connectivity index (χ2v) is 5.00. The minimum Gasteiger partial charge on any atom is -0.382 e. The van der Waals surface area contributed by atoms with Crippen molar-refractivity contribution in [2.24, 2.45) is 0 Å². The summed E-state index contributed by atoms with van der Waals surface area (Å²) in [6.07, 6.45) is -1.14. The molecule has 1 saturated carbocycles. The molecule has 0 amide bonds. The summed E-state index contributed by atoms with van der Waals surface area (Å²) in [5, 5.41) is 10.3. The summed E-state index contributed by atoms with van der Waals surface area (Å²) >= 11 is 0. The van der Waals surface area contributed by atoms with Crippen LogP contribution in [0.3, 0.4) is 0 Å². The van der Waals surface area contributed by atoms with Gasteiger partial charge in [0, 0.05) is 5.56 Å². The first kappa shape index (κ1) is 14.1. The van der Waals surface area contributed by atoms with Crippen LogP contribution in [-0.2, 0) is 6.18 Å². The number of alkyl halides is 3. The molecule has 0 atom stereocenters. The Morgan fingerprint density at radius 1 is 1.05 bits per heavy atom. The molecule has 0 radical (unpaired) electrons. The van der Waals surface area contributed by atoms with E-state index in [9.17, 15) is 23.1 Å². The minimum absolute atomic E-state index is 0.136. The van der Waals surface area contributed by atoms with E-state index in [4.69, 9.17) is 0 Å². The zero-order valence-corrected chi connectivity index (χ0v) is 10.3. The molecule has 0 saturated heterocycles. The van der Waals surface area contributed by atoms with E-state index < -0.39 is 23.1 Å². The molecular formula is C14H15F3O2. The first-order valence-corrected chi connectivity index (χ1v) is 6.27. The number of halogens is 3. The van der Waals surface area contributed by atoms with E-state index in [1.54, 1.807) is 0 Å². The van der Waals surface area contributed by atoms with Crippen LogP contribution in [0.2, 0.25) is 0 Å². The standard InChI is InChI=1S/C14H15F3O2/c15-14(16,17)11-6-4-10(5-7-11)12(18)13(19)8-2-1-3-9-13/h4-7,19H,1-3,8-9H2. The molecule has 0 heterocycles. The van der Waals surface area contributed by atoms with Crippen LogP contribution in [0.15, 0.2) is 24.3 Å². The van der Waals surface area contributed by atoms with Crippen molar-refractivity contribution in [2.75, 3.05) is 0 Å². The van der Waals surface area contributed by atoms with Crippen molar-refractivity contribution < 1.29 is 23.1 Å². The van der Waals surface area contributed by atoms with E-state index in [0.717, 1.165) is 43.5 Å². The van der Waals surface area contributed by atoms with Crippen LogP contribution < -0.4 is 0 Å². The van der Waals surface area contributed by atoms with Crippen molar-refractivity contribution in [1.82, 2.24) is 0 Å². The van der Waals surface area contributed by atoms with Crippen LogP contribution in [0.4, 0.5) is 13.2 Å². The molecule has 1 aromatic carbocycles. The Morgan fingerprint density at radius 3 is 2.05 bits per heavy atom. The van der Waals surface area contributed by atoms with Crippen LogP contribution in [0.5, 0.6) is 0 Å². The highest BCUT2D eigenvalue weighted by Gasteiger charge is 2.38. The molecule has 0 bridgehead atoms. The van der Waals surface area contributed by atoms with Crippen LogP contribution in [0, 0.1) is 0 Å². The van der Waals surface area contributed by atoms with Crippen molar-refractivity contribution in [1.29, 1.82) is 0 Å². The molecule has 19 heavy (non-hydrogen) atoms. The molecule has 1 aliphatic carbocycles. The maximum absolute atomic E-state index is 12.4. The van der Waals surface area contributed by atoms with Gasteiger partial charge in [-0.15, -0.1) is 0 Å². The Labute approximate surface area is 109 Å². The van der Waals surface area contributed by atoms with Crippen LogP contribution >= 0.6 is 0 Å². The van der Waals surface area contributed by atoms with Crippen LogP contribution in [0.1, 0.15) is 48.0 Å². The van der Waals surface area contributed by atoms with Gasteiger partial charge in [0.1, 0.15) is 5.60 Å². The molecular weight excluding hydrogens is 257 g/mol. The zero-order valence-electron chi connectivity index (χ0n) is 10.3. The number of carbonyl (C=O) groups excluding carboxylic acids is 1. The van der Waals surface area contributed by atoms with Crippen LogP contribution in [-0.4, -0.2) is 16.5 Å². The summed E-state index contributed by atoms with van der Waals surface area (Å²) in [6.45, 7) is 0. The number of benzene rings is 1. The van der Waals surface area contributed by atoms with E-state index in [1.807, 2.05) is 0 Å². The molecule has 1 fully saturated rings. The van der Waals surface area contributed by atoms with Gasteiger partial charge in [0.2, 0.25) is 0 Å². The second kappa shape index (κ2) is 4.96. The van der Waals surface area contributed by atoms with E-state index in [1.165, 1.54) is 0 Å². The Hall–Kier alpha value is -1.36. The largest absolute Gasteiger partial charge is 0.416 e. The maximum Gasteiger partial charge on any atom is 0.416 e. The van der Waals surface area contributed by atoms with Gasteiger partial charge in [-0.1, -0.05) is 31.4 Å². The fraction of sp³-hybridized carbons (Fsp3) is 0.500. The third kappa shape index (κ3) is 2.97. The van der Waals surface area contributed by atoms with Crippen LogP contribution in [0.25, 0.3) is 0 Å². The van der Waals surface area contributed by atoms with Crippen molar-refractivity contribution in [3.05, 3.63) is 35.4 Å². The second-order valence-electron chi connectivity index (χ2n) is 5.00. The molecule has 1 aromatic rings. The van der Waals surface area contributed by atoms with E-state index in [-0.39, 0.29) is 5.56 Å². The Morgan fingerprint density at radius 2 is 1.58 bits per heavy atom. The summed E-state index contributed by atoms with van der Waals surface area (Å²) in [4.78, 5) is 12.2. The topological polar surface area (TPSA) is 37.3 Å². The average molecular weight is 272 g/mol. The fourth-order valence-corrected chi connectivity index (χ4v) is 2.44. The van der Waals surface area contributed by atoms with Gasteiger partial charge in [0.15, 0.2) is 5.78 Å². The molecule has 2 nitrogen and oxygen atoms in total. The molecule has 2 rings (SSSR count). The molecule has 0 spiro atoms. The van der Waals surface area contributed by atoms with Gasteiger partial charge in [-0.2, -0.15) is 13.2 Å². The number of aliphatic hydroxyl groups is 1. The highest BCUT2D eigenvalue weighted by Crippen LogP contribution is 2.33. The van der Waals surface area contributed by atoms with E-state index >= 15 is 0 Å². The number of rotatable bonds is 2. The quantitative estimate of drug-likeness (QED) is 0.835. The van der Waals surface area contributed by atoms with Crippen molar-refractivity contribution in [2.45, 2.75) is 43.9 Å². The SMILES string of the molecule is O=C(c1ccc(C(F)(F)F)cc1)C1(O)CCCCC1. The summed E-state index contributed by atoms with van der Waals surface area (Å²) in [7, 11) is 0. The molecule has 0 aliphatic heterocycles. The van der Waals surface area contributed by atoms with Crippen molar-refractivity contribution in [3.63, 3.8) is 0 Å². The summed E-state index contributed by atoms with van der Waals surface area (Å²) in [6, 6.07) is 4.02. The van der Waals surface area contributed by atoms with Crippen molar-refractivity contribution in [3.8, 4) is 0 Å². The van der Waals surface area contributed by atoms with Crippen molar-refractivity contribution >= 4 is 5.78 Å². The molecule has 1 N–H and O–H groups in total. The Balaban J connectivity index is 2.20. The van der Waals surface area contributed by atoms with Gasteiger partial charge in [-0.25, -0.2) is 0 Å². The number of hydrogen-bond acceptors (Lipinski definition) is 2. The normalized spacial score (nSPS) is 19.2. The first-order valence-electron chi connectivity index (χ1n) is 6.27. The van der Waals surface area contributed by atoms with Gasteiger partial charge in [0.25, 0.3) is 0 Å². The van der Waals surface area contributed by atoms with E-state index in [0.29, 0.717) is 12.8 Å². The number of ketones is 1. The van der Waals surface area contributed by atoms with Gasteiger partial charge in [-0.05, 0) is 25.0 Å². The predicted octanol–water partition coefficient (Wildman–Crippen LogP) is 3.58. The molecule has 0 unspecified atom stereocenters. The van der Waals surface area contributed by atoms with Gasteiger partial charge >= 0.3 is 6.18 Å². The third-order valence-corrected chi connectivity index (χ3v) is 3.58. The minimum atomic E-state index is -4.41. The lowest BCUT2D eigenvalue weighted by atomic mass is 9.79. The summed E-state index contributed by atoms with van der Waals surface area (Å²) in [5.41, 5.74) is -2.06. The fourth-order valence-electron chi connectivity index (χ4n) is 2.44. The molecule has 0 aromatic heterocycles. The number of hydrogen-bond donors (Lipinski definition) is 1. The highest BCUT2D eigenvalue weighted by molar-refractivity contribution is 6.02. The van der Waals surface area contributed by atoms with Gasteiger partial charge < -0.3 is 5.11 Å². The number of carbonyl (C=O) groups is 1. The lowest BCUT2D eigenvalue weighted by molar-refractivity contribution is -0.137. The third-order valence-electron chi connectivity index (χ3n) is 3.58. The zero-order chi connectivity index (χ0) is 14.1. The summed E-state index contributed by atoms with van der Waals surface area (Å²) < 4.78 is 37.2. The number of Topliss-reactive ketones (excluding diaryl/α,β-unsaturated/α-hetero) is 1. The Kier molecular flexibility index (Phi) is 3.67. The summed E-state index contributed by atoms with van der Waals surface area (Å²) in [5.74, 6) is -0.471. The Bertz CT molecular complexity index is 457. The molecule has 104 valence electrons. The highest BCUT2D eigenvalue weighted by atomic mass is 19.4. The molecule has 1 aliphatic rings. The van der Waals surface area contributed by atoms with Gasteiger partial charge in [-0.3, -0.25) is 4.79 Å². The lowest BCUT2D eigenvalue weighted by Gasteiger charge is -2.30. The maximum atomic E-state index is 12.4. The monoisotopic (exact) mass is 272 g/mol.